The predicted octanol–water partition coefficient (Wildman–Crippen LogP) is 4.73. The second kappa shape index (κ2) is 11.9. The van der Waals surface area contributed by atoms with Crippen LogP contribution in [0.5, 0.6) is 11.6 Å². The van der Waals surface area contributed by atoms with E-state index >= 15 is 0 Å². The molecule has 14 heteroatoms. The molecular formula is C32H32F3N7O4. The van der Waals surface area contributed by atoms with E-state index in [0.29, 0.717) is 61.3 Å². The van der Waals surface area contributed by atoms with Gasteiger partial charge in [-0.3, -0.25) is 4.79 Å². The number of H-pyrrole nitrogens is 1. The van der Waals surface area contributed by atoms with Crippen LogP contribution in [0, 0.1) is 0 Å². The normalized spacial score (nSPS) is 19.0. The van der Waals surface area contributed by atoms with Crippen LogP contribution in [0.15, 0.2) is 54.7 Å². The molecular weight excluding hydrogens is 603 g/mol. The number of aromatic nitrogens is 5. The molecule has 2 atom stereocenters. The summed E-state index contributed by atoms with van der Waals surface area (Å²) in [5.74, 6) is -0.328. The van der Waals surface area contributed by atoms with Gasteiger partial charge < -0.3 is 34.0 Å². The number of aromatic amines is 1. The third kappa shape index (κ3) is 5.62. The molecule has 0 spiro atoms. The molecule has 2 aliphatic rings. The highest BCUT2D eigenvalue weighted by Gasteiger charge is 2.40. The second-order valence-electron chi connectivity index (χ2n) is 11.5. The molecule has 2 aliphatic heterocycles. The fraction of sp³-hybridized carbons (Fsp3) is 0.375. The topological polar surface area (TPSA) is 119 Å². The number of methoxy groups -OCH3 is 2. The zero-order chi connectivity index (χ0) is 32.0. The number of pyridine rings is 1. The number of rotatable bonds is 8. The Labute approximate surface area is 261 Å². The van der Waals surface area contributed by atoms with Crippen molar-refractivity contribution < 1.29 is 32.2 Å². The summed E-state index contributed by atoms with van der Waals surface area (Å²) in [6.07, 6.45) is -1.97. The van der Waals surface area contributed by atoms with Gasteiger partial charge in [0.15, 0.2) is 0 Å². The average Bonchev–Trinajstić information content (AvgIpc) is 3.67. The standard InChI is InChI=1S/C32H32F3N7O4/c1-44-21-7-8-24-26(13-21)42(31(40-24)32(33,34)35)15-28(43)41-10-9-19(37-20-16-46-17-20)12-27(41)29-36-14-25(38-29)22-11-18-5-3-4-6-23(18)39-30(22)45-2/h3-8,11,13-14,19-20,27,37H,9-10,12,15-17H2,1-2H3,(H,36,38)/t19-,27-/m0/s1. The number of likely N-dealkylation sites (tertiary alicyclic amines) is 1. The molecule has 5 aromatic rings. The van der Waals surface area contributed by atoms with Crippen molar-refractivity contribution in [1.29, 1.82) is 0 Å². The number of hydrogen-bond donors (Lipinski definition) is 2. The predicted molar refractivity (Wildman–Crippen MR) is 162 cm³/mol. The van der Waals surface area contributed by atoms with Gasteiger partial charge in [0.1, 0.15) is 18.1 Å². The molecule has 2 fully saturated rings. The number of carbonyl (C=O) groups excluding carboxylic acids is 1. The van der Waals surface area contributed by atoms with Crippen LogP contribution in [0.1, 0.15) is 30.5 Å². The molecule has 0 saturated carbocycles. The molecule has 46 heavy (non-hydrogen) atoms. The van der Waals surface area contributed by atoms with Crippen LogP contribution in [-0.4, -0.2) is 81.4 Å². The number of alkyl halides is 3. The van der Waals surface area contributed by atoms with Crippen molar-refractivity contribution in [3.05, 3.63) is 66.4 Å². The Kier molecular flexibility index (Phi) is 7.77. The molecule has 2 saturated heterocycles. The van der Waals surface area contributed by atoms with Crippen molar-refractivity contribution in [3.8, 4) is 22.9 Å². The number of piperidine rings is 1. The van der Waals surface area contributed by atoms with Gasteiger partial charge in [0.25, 0.3) is 0 Å². The minimum atomic E-state index is -4.77. The maximum Gasteiger partial charge on any atom is 0.449 e. The van der Waals surface area contributed by atoms with Gasteiger partial charge in [-0.15, -0.1) is 0 Å². The van der Waals surface area contributed by atoms with Gasteiger partial charge in [0.05, 0.1) is 73.5 Å². The molecule has 1 amide bonds. The Morgan fingerprint density at radius 3 is 2.63 bits per heavy atom. The number of hydrogen-bond acceptors (Lipinski definition) is 8. The number of imidazole rings is 2. The van der Waals surface area contributed by atoms with Crippen LogP contribution in [0.2, 0.25) is 0 Å². The Bertz CT molecular complexity index is 1900. The molecule has 0 bridgehead atoms. The number of amides is 1. The minimum Gasteiger partial charge on any atom is -0.497 e. The number of ether oxygens (including phenoxy) is 3. The van der Waals surface area contributed by atoms with Crippen LogP contribution >= 0.6 is 0 Å². The lowest BCUT2D eigenvalue weighted by atomic mass is 9.95. The summed E-state index contributed by atoms with van der Waals surface area (Å²) in [5.41, 5.74) is 2.41. The van der Waals surface area contributed by atoms with Gasteiger partial charge in [-0.25, -0.2) is 15.0 Å². The third-order valence-corrected chi connectivity index (χ3v) is 8.62. The smallest absolute Gasteiger partial charge is 0.449 e. The van der Waals surface area contributed by atoms with E-state index in [2.05, 4.69) is 25.3 Å². The van der Waals surface area contributed by atoms with Crippen LogP contribution < -0.4 is 14.8 Å². The average molecular weight is 636 g/mol. The first kappa shape index (κ1) is 30.0. The van der Waals surface area contributed by atoms with E-state index in [1.165, 1.54) is 25.3 Å². The monoisotopic (exact) mass is 635 g/mol. The highest BCUT2D eigenvalue weighted by Crippen LogP contribution is 2.36. The largest absolute Gasteiger partial charge is 0.497 e. The number of para-hydroxylation sites is 1. The van der Waals surface area contributed by atoms with Gasteiger partial charge in [-0.05, 0) is 37.1 Å². The minimum absolute atomic E-state index is 0.0532. The quantitative estimate of drug-likeness (QED) is 0.251. The van der Waals surface area contributed by atoms with Crippen LogP contribution in [0.3, 0.4) is 0 Å². The fourth-order valence-electron chi connectivity index (χ4n) is 6.26. The van der Waals surface area contributed by atoms with E-state index < -0.39 is 30.5 Å². The maximum atomic E-state index is 14.2. The fourth-order valence-corrected chi connectivity index (χ4v) is 6.26. The lowest BCUT2D eigenvalue weighted by molar-refractivity contribution is -0.148. The molecule has 0 aliphatic carbocycles. The van der Waals surface area contributed by atoms with Crippen LogP contribution in [0.4, 0.5) is 13.2 Å². The molecule has 2 N–H and O–H groups in total. The zero-order valence-electron chi connectivity index (χ0n) is 25.2. The van der Waals surface area contributed by atoms with Crippen LogP contribution in [-0.2, 0) is 22.3 Å². The van der Waals surface area contributed by atoms with Crippen molar-refractivity contribution in [2.24, 2.45) is 0 Å². The molecule has 240 valence electrons. The second-order valence-corrected chi connectivity index (χ2v) is 11.5. The molecule has 7 rings (SSSR count). The van der Waals surface area contributed by atoms with E-state index in [9.17, 15) is 18.0 Å². The summed E-state index contributed by atoms with van der Waals surface area (Å²) in [6, 6.07) is 13.8. The van der Waals surface area contributed by atoms with Crippen molar-refractivity contribution in [3.63, 3.8) is 0 Å². The van der Waals surface area contributed by atoms with E-state index in [4.69, 9.17) is 14.2 Å². The van der Waals surface area contributed by atoms with E-state index in [1.807, 2.05) is 30.3 Å². The molecule has 3 aromatic heterocycles. The first-order valence-electron chi connectivity index (χ1n) is 15.0. The summed E-state index contributed by atoms with van der Waals surface area (Å²) in [4.78, 5) is 32.1. The van der Waals surface area contributed by atoms with Gasteiger partial charge in [0, 0.05) is 24.0 Å². The summed E-state index contributed by atoms with van der Waals surface area (Å²) in [5, 5.41) is 4.51. The molecule has 0 radical (unpaired) electrons. The SMILES string of the molecule is COc1ccc2nc(C(F)(F)F)n(CC(=O)N3CC[C@H](NC4COC4)C[C@H]3c3ncc(-c4cc5ccccc5nc4OC)[nH]3)c2c1. The van der Waals surface area contributed by atoms with Crippen LogP contribution in [0.25, 0.3) is 33.2 Å². The molecule has 11 nitrogen and oxygen atoms in total. The number of halogens is 3. The first-order valence-corrected chi connectivity index (χ1v) is 15.0. The Morgan fingerprint density at radius 2 is 1.89 bits per heavy atom. The van der Waals surface area contributed by atoms with E-state index in [0.717, 1.165) is 15.5 Å². The maximum absolute atomic E-state index is 14.2. The van der Waals surface area contributed by atoms with E-state index in [-0.39, 0.29) is 23.1 Å². The third-order valence-electron chi connectivity index (χ3n) is 8.62. The summed E-state index contributed by atoms with van der Waals surface area (Å²) >= 11 is 0. The first-order chi connectivity index (χ1) is 22.2. The highest BCUT2D eigenvalue weighted by molar-refractivity contribution is 5.85. The van der Waals surface area contributed by atoms with E-state index in [1.54, 1.807) is 18.2 Å². The van der Waals surface area contributed by atoms with Crippen molar-refractivity contribution in [2.45, 2.75) is 43.7 Å². The summed E-state index contributed by atoms with van der Waals surface area (Å²) in [7, 11) is 2.97. The molecule has 0 unspecified atom stereocenters. The lowest BCUT2D eigenvalue weighted by Gasteiger charge is -2.41. The number of benzene rings is 2. The van der Waals surface area contributed by atoms with Gasteiger partial charge in [-0.1, -0.05) is 18.2 Å². The Balaban J connectivity index is 1.23. The lowest BCUT2D eigenvalue weighted by Crippen LogP contribution is -2.55. The molecule has 5 heterocycles. The number of nitrogens with zero attached hydrogens (tertiary/aromatic N) is 5. The Hall–Kier alpha value is -4.69. The molecule has 2 aromatic carbocycles. The number of nitrogens with one attached hydrogen (secondary N) is 2. The Morgan fingerprint density at radius 1 is 1.07 bits per heavy atom. The summed E-state index contributed by atoms with van der Waals surface area (Å²) < 4.78 is 59.5. The van der Waals surface area contributed by atoms with Gasteiger partial charge in [-0.2, -0.15) is 13.2 Å². The van der Waals surface area contributed by atoms with Gasteiger partial charge >= 0.3 is 6.18 Å². The van der Waals surface area contributed by atoms with Crippen molar-refractivity contribution in [2.75, 3.05) is 34.0 Å². The van der Waals surface area contributed by atoms with Crippen molar-refractivity contribution in [1.82, 2.24) is 34.7 Å². The number of carbonyl (C=O) groups is 1. The van der Waals surface area contributed by atoms with Crippen molar-refractivity contribution >= 4 is 27.8 Å². The number of fused-ring (bicyclic) bond motifs is 2. The highest BCUT2D eigenvalue weighted by atomic mass is 19.4. The van der Waals surface area contributed by atoms with Gasteiger partial charge in [0.2, 0.25) is 17.6 Å². The zero-order valence-corrected chi connectivity index (χ0v) is 25.2. The summed E-state index contributed by atoms with van der Waals surface area (Å²) in [6.45, 7) is 0.990.